The van der Waals surface area contributed by atoms with Gasteiger partial charge in [-0.1, -0.05) is 29.4 Å². The van der Waals surface area contributed by atoms with Gasteiger partial charge in [0.2, 0.25) is 0 Å². The highest BCUT2D eigenvalue weighted by atomic mass is 35.5. The number of nitrogens with two attached hydrogens (primary N) is 1. The summed E-state index contributed by atoms with van der Waals surface area (Å²) in [5.74, 6) is 1.11. The van der Waals surface area contributed by atoms with Crippen molar-refractivity contribution in [2.75, 3.05) is 17.3 Å². The van der Waals surface area contributed by atoms with Gasteiger partial charge in [-0.3, -0.25) is 0 Å². The fourth-order valence-corrected chi connectivity index (χ4v) is 2.04. The van der Waals surface area contributed by atoms with Gasteiger partial charge in [-0.2, -0.15) is 0 Å². The molecule has 2 aromatic rings. The van der Waals surface area contributed by atoms with Gasteiger partial charge in [0.1, 0.15) is 11.6 Å². The van der Waals surface area contributed by atoms with Crippen molar-refractivity contribution >= 4 is 40.7 Å². The number of anilines is 3. The quantitative estimate of drug-likeness (QED) is 0.666. The van der Waals surface area contributed by atoms with E-state index in [1.807, 2.05) is 31.4 Å². The number of nitrogens with zero attached hydrogens (tertiary/aromatic N) is 2. The SMILES string of the molecule is CSc1nc(N)cc(Nc2cccc(Cl)c2C)n1. The van der Waals surface area contributed by atoms with Crippen LogP contribution in [-0.4, -0.2) is 16.2 Å². The first kappa shape index (κ1) is 13.0. The van der Waals surface area contributed by atoms with Crippen LogP contribution >= 0.6 is 23.4 Å². The Hall–Kier alpha value is -1.46. The molecule has 4 nitrogen and oxygen atoms in total. The minimum Gasteiger partial charge on any atom is -0.383 e. The highest BCUT2D eigenvalue weighted by Gasteiger charge is 2.05. The number of thioether (sulfide) groups is 1. The third-order valence-electron chi connectivity index (χ3n) is 2.44. The Bertz CT molecular complexity index is 574. The Kier molecular flexibility index (Phi) is 3.93. The lowest BCUT2D eigenvalue weighted by molar-refractivity contribution is 0.984. The lowest BCUT2D eigenvalue weighted by atomic mass is 10.2. The van der Waals surface area contributed by atoms with Gasteiger partial charge in [-0.25, -0.2) is 9.97 Å². The average Bonchev–Trinajstić information content (AvgIpc) is 2.34. The number of hydrogen-bond acceptors (Lipinski definition) is 5. The van der Waals surface area contributed by atoms with Crippen molar-refractivity contribution in [3.05, 3.63) is 34.9 Å². The molecule has 0 fully saturated rings. The second-order valence-corrected chi connectivity index (χ2v) is 4.88. The molecule has 1 aromatic heterocycles. The molecule has 0 bridgehead atoms. The molecule has 3 N–H and O–H groups in total. The van der Waals surface area contributed by atoms with Crippen LogP contribution in [0.1, 0.15) is 5.56 Å². The van der Waals surface area contributed by atoms with Crippen molar-refractivity contribution in [3.8, 4) is 0 Å². The molecule has 0 amide bonds. The van der Waals surface area contributed by atoms with E-state index in [2.05, 4.69) is 15.3 Å². The van der Waals surface area contributed by atoms with Crippen LogP contribution in [0.15, 0.2) is 29.4 Å². The maximum absolute atomic E-state index is 6.07. The predicted octanol–water partition coefficient (Wildman–Crippen LogP) is 3.49. The van der Waals surface area contributed by atoms with E-state index in [0.717, 1.165) is 11.3 Å². The molecule has 0 saturated carbocycles. The summed E-state index contributed by atoms with van der Waals surface area (Å²) in [5.41, 5.74) is 7.61. The van der Waals surface area contributed by atoms with Gasteiger partial charge in [-0.15, -0.1) is 0 Å². The molecule has 0 spiro atoms. The van der Waals surface area contributed by atoms with Crippen molar-refractivity contribution in [2.45, 2.75) is 12.1 Å². The van der Waals surface area contributed by atoms with Crippen LogP contribution < -0.4 is 11.1 Å². The number of rotatable bonds is 3. The van der Waals surface area contributed by atoms with E-state index >= 15 is 0 Å². The van der Waals surface area contributed by atoms with Crippen LogP contribution in [0.25, 0.3) is 0 Å². The van der Waals surface area contributed by atoms with Crippen molar-refractivity contribution in [3.63, 3.8) is 0 Å². The first-order valence-electron chi connectivity index (χ1n) is 5.31. The summed E-state index contributed by atoms with van der Waals surface area (Å²) >= 11 is 7.52. The van der Waals surface area contributed by atoms with Crippen LogP contribution in [0.2, 0.25) is 5.02 Å². The van der Waals surface area contributed by atoms with Gasteiger partial charge < -0.3 is 11.1 Å². The zero-order valence-corrected chi connectivity index (χ0v) is 11.6. The van der Waals surface area contributed by atoms with E-state index in [4.69, 9.17) is 17.3 Å². The molecule has 0 aliphatic heterocycles. The minimum atomic E-state index is 0.441. The highest BCUT2D eigenvalue weighted by molar-refractivity contribution is 7.98. The molecule has 94 valence electrons. The maximum atomic E-state index is 6.07. The third kappa shape index (κ3) is 2.86. The Morgan fingerprint density at radius 1 is 1.33 bits per heavy atom. The normalized spacial score (nSPS) is 10.4. The van der Waals surface area contributed by atoms with Gasteiger partial charge in [0.25, 0.3) is 0 Å². The van der Waals surface area contributed by atoms with Crippen molar-refractivity contribution < 1.29 is 0 Å². The molecule has 6 heteroatoms. The molecule has 0 unspecified atom stereocenters. The van der Waals surface area contributed by atoms with E-state index in [0.29, 0.717) is 21.8 Å². The van der Waals surface area contributed by atoms with Gasteiger partial charge in [0.05, 0.1) is 0 Å². The average molecular weight is 281 g/mol. The van der Waals surface area contributed by atoms with Crippen LogP contribution in [0.5, 0.6) is 0 Å². The van der Waals surface area contributed by atoms with Gasteiger partial charge in [0.15, 0.2) is 5.16 Å². The van der Waals surface area contributed by atoms with E-state index in [1.165, 1.54) is 11.8 Å². The standard InChI is InChI=1S/C12H13ClN4S/c1-7-8(13)4-3-5-9(7)15-11-6-10(14)16-12(17-11)18-2/h3-6H,1-2H3,(H3,14,15,16,17). The topological polar surface area (TPSA) is 63.8 Å². The fourth-order valence-electron chi connectivity index (χ4n) is 1.48. The first-order valence-corrected chi connectivity index (χ1v) is 6.91. The highest BCUT2D eigenvalue weighted by Crippen LogP contribution is 2.26. The minimum absolute atomic E-state index is 0.441. The Morgan fingerprint density at radius 3 is 2.83 bits per heavy atom. The monoisotopic (exact) mass is 280 g/mol. The van der Waals surface area contributed by atoms with Gasteiger partial charge >= 0.3 is 0 Å². The summed E-state index contributed by atoms with van der Waals surface area (Å²) in [6.45, 7) is 1.95. The molecular weight excluding hydrogens is 268 g/mol. The summed E-state index contributed by atoms with van der Waals surface area (Å²) in [7, 11) is 0. The van der Waals surface area contributed by atoms with Crippen LogP contribution in [0, 0.1) is 6.92 Å². The largest absolute Gasteiger partial charge is 0.383 e. The zero-order valence-electron chi connectivity index (χ0n) is 10.1. The summed E-state index contributed by atoms with van der Waals surface area (Å²) in [6.07, 6.45) is 1.91. The third-order valence-corrected chi connectivity index (χ3v) is 3.40. The maximum Gasteiger partial charge on any atom is 0.191 e. The van der Waals surface area contributed by atoms with Crippen LogP contribution in [-0.2, 0) is 0 Å². The van der Waals surface area contributed by atoms with Crippen molar-refractivity contribution in [1.29, 1.82) is 0 Å². The predicted molar refractivity (Wildman–Crippen MR) is 77.7 cm³/mol. The second-order valence-electron chi connectivity index (χ2n) is 3.70. The molecular formula is C12H13ClN4S. The second kappa shape index (κ2) is 5.46. The van der Waals surface area contributed by atoms with Gasteiger partial charge in [0, 0.05) is 16.8 Å². The molecule has 0 radical (unpaired) electrons. The van der Waals surface area contributed by atoms with Crippen LogP contribution in [0.4, 0.5) is 17.3 Å². The lowest BCUT2D eigenvalue weighted by Gasteiger charge is -2.10. The molecule has 0 aliphatic rings. The molecule has 0 atom stereocenters. The fraction of sp³-hybridized carbons (Fsp3) is 0.167. The number of nitrogens with one attached hydrogen (secondary N) is 1. The number of hydrogen-bond donors (Lipinski definition) is 2. The molecule has 18 heavy (non-hydrogen) atoms. The van der Waals surface area contributed by atoms with Crippen molar-refractivity contribution in [2.24, 2.45) is 0 Å². The molecule has 1 heterocycles. The zero-order chi connectivity index (χ0) is 13.1. The summed E-state index contributed by atoms with van der Waals surface area (Å²) < 4.78 is 0. The molecule has 2 rings (SSSR count). The van der Waals surface area contributed by atoms with E-state index in [1.54, 1.807) is 6.07 Å². The number of aromatic nitrogens is 2. The Morgan fingerprint density at radius 2 is 2.11 bits per heavy atom. The lowest BCUT2D eigenvalue weighted by Crippen LogP contribution is -2.01. The van der Waals surface area contributed by atoms with E-state index in [-0.39, 0.29) is 0 Å². The summed E-state index contributed by atoms with van der Waals surface area (Å²) in [5, 5.41) is 4.55. The summed E-state index contributed by atoms with van der Waals surface area (Å²) in [4.78, 5) is 8.43. The number of halogens is 1. The van der Waals surface area contributed by atoms with Crippen molar-refractivity contribution in [1.82, 2.24) is 9.97 Å². The van der Waals surface area contributed by atoms with E-state index in [9.17, 15) is 0 Å². The smallest absolute Gasteiger partial charge is 0.191 e. The number of nitrogen functional groups attached to an aromatic ring is 1. The Balaban J connectivity index is 2.34. The Labute approximate surface area is 115 Å². The molecule has 1 aromatic carbocycles. The van der Waals surface area contributed by atoms with Gasteiger partial charge in [-0.05, 0) is 30.9 Å². The molecule has 0 aliphatic carbocycles. The van der Waals surface area contributed by atoms with Crippen LogP contribution in [0.3, 0.4) is 0 Å². The summed E-state index contributed by atoms with van der Waals surface area (Å²) in [6, 6.07) is 7.37. The number of benzene rings is 1. The van der Waals surface area contributed by atoms with E-state index < -0.39 is 0 Å². The molecule has 0 saturated heterocycles. The first-order chi connectivity index (χ1) is 8.60.